The summed E-state index contributed by atoms with van der Waals surface area (Å²) in [5.74, 6) is 1.90. The van der Waals surface area contributed by atoms with Crippen LogP contribution in [0.2, 0.25) is 0 Å². The minimum absolute atomic E-state index is 0.187. The van der Waals surface area contributed by atoms with Crippen molar-refractivity contribution < 1.29 is 8.78 Å². The van der Waals surface area contributed by atoms with Gasteiger partial charge in [0, 0.05) is 0 Å². The number of allylic oxidation sites excluding steroid dienone is 2. The average Bonchev–Trinajstić information content (AvgIpc) is 2.68. The van der Waals surface area contributed by atoms with Crippen LogP contribution in [0.5, 0.6) is 0 Å². The molecular formula is C26H32F2. The van der Waals surface area contributed by atoms with E-state index >= 15 is 4.39 Å². The molecule has 4 unspecified atom stereocenters. The van der Waals surface area contributed by atoms with Gasteiger partial charge in [0.1, 0.15) is 11.6 Å². The molecule has 4 atom stereocenters. The Morgan fingerprint density at radius 2 is 1.79 bits per heavy atom. The van der Waals surface area contributed by atoms with Gasteiger partial charge in [0.2, 0.25) is 0 Å². The number of benzene rings is 2. The lowest BCUT2D eigenvalue weighted by Crippen LogP contribution is -2.29. The molecule has 0 saturated heterocycles. The van der Waals surface area contributed by atoms with Crippen LogP contribution in [0.25, 0.3) is 10.8 Å². The zero-order valence-corrected chi connectivity index (χ0v) is 17.2. The Hall–Kier alpha value is -1.70. The van der Waals surface area contributed by atoms with Crippen molar-refractivity contribution in [2.45, 2.75) is 71.1 Å². The molecule has 0 spiro atoms. The highest BCUT2D eigenvalue weighted by Crippen LogP contribution is 2.48. The second kappa shape index (κ2) is 8.35. The van der Waals surface area contributed by atoms with E-state index in [1.807, 2.05) is 31.2 Å². The first-order chi connectivity index (χ1) is 13.6. The fourth-order valence-electron chi connectivity index (χ4n) is 5.73. The maximum Gasteiger partial charge on any atom is 0.137 e. The molecule has 2 aromatic carbocycles. The standard InChI is InChI=1S/C26H32F2/c1-3-4-5-6-18-14-22-11-12-23(26(28)25(22)24(27)15-18)21-10-9-19-13-17(2)7-8-20(19)16-21/h3-4,11-12,14-15,17,19-21H,5-10,13,16H2,1-2H3. The van der Waals surface area contributed by atoms with E-state index in [1.54, 1.807) is 0 Å². The molecule has 0 bridgehead atoms. The zero-order chi connectivity index (χ0) is 19.7. The van der Waals surface area contributed by atoms with Crippen molar-refractivity contribution in [3.63, 3.8) is 0 Å². The van der Waals surface area contributed by atoms with Crippen LogP contribution in [0.3, 0.4) is 0 Å². The predicted molar refractivity (Wildman–Crippen MR) is 114 cm³/mol. The van der Waals surface area contributed by atoms with E-state index in [2.05, 4.69) is 13.0 Å². The predicted octanol–water partition coefficient (Wildman–Crippen LogP) is 7.95. The molecule has 2 heteroatoms. The Bertz CT molecular complexity index is 866. The summed E-state index contributed by atoms with van der Waals surface area (Å²) in [6.45, 7) is 4.35. The van der Waals surface area contributed by atoms with Gasteiger partial charge in [-0.2, -0.15) is 0 Å². The van der Waals surface area contributed by atoms with Gasteiger partial charge in [0.25, 0.3) is 0 Å². The molecule has 0 aliphatic heterocycles. The minimum atomic E-state index is -0.410. The van der Waals surface area contributed by atoms with Gasteiger partial charge in [-0.05, 0) is 98.1 Å². The van der Waals surface area contributed by atoms with Crippen LogP contribution >= 0.6 is 0 Å². The quantitative estimate of drug-likeness (QED) is 0.471. The molecule has 2 aromatic rings. The lowest BCUT2D eigenvalue weighted by atomic mass is 9.64. The Morgan fingerprint density at radius 1 is 1.00 bits per heavy atom. The van der Waals surface area contributed by atoms with E-state index in [9.17, 15) is 4.39 Å². The highest BCUT2D eigenvalue weighted by atomic mass is 19.1. The summed E-state index contributed by atoms with van der Waals surface area (Å²) in [4.78, 5) is 0. The third-order valence-electron chi connectivity index (χ3n) is 7.25. The first-order valence-electron chi connectivity index (χ1n) is 11.1. The normalized spacial score (nSPS) is 28.0. The van der Waals surface area contributed by atoms with Crippen molar-refractivity contribution in [2.75, 3.05) is 0 Å². The molecule has 0 heterocycles. The summed E-state index contributed by atoms with van der Waals surface area (Å²) in [6.07, 6.45) is 13.0. The molecule has 0 nitrogen and oxygen atoms in total. The molecule has 0 amide bonds. The lowest BCUT2D eigenvalue weighted by molar-refractivity contribution is 0.124. The van der Waals surface area contributed by atoms with Gasteiger partial charge < -0.3 is 0 Å². The molecule has 2 aliphatic carbocycles. The molecule has 2 fully saturated rings. The molecule has 4 rings (SSSR count). The molecular weight excluding hydrogens is 350 g/mol. The minimum Gasteiger partial charge on any atom is -0.206 e. The van der Waals surface area contributed by atoms with Crippen LogP contribution in [0.1, 0.15) is 75.8 Å². The number of fused-ring (bicyclic) bond motifs is 2. The van der Waals surface area contributed by atoms with Crippen LogP contribution < -0.4 is 0 Å². The fourth-order valence-corrected chi connectivity index (χ4v) is 5.73. The molecule has 150 valence electrons. The smallest absolute Gasteiger partial charge is 0.137 e. The topological polar surface area (TPSA) is 0 Å². The molecule has 0 radical (unpaired) electrons. The average molecular weight is 383 g/mol. The summed E-state index contributed by atoms with van der Waals surface area (Å²) in [5.41, 5.74) is 1.68. The number of hydrogen-bond donors (Lipinski definition) is 0. The van der Waals surface area contributed by atoms with Crippen LogP contribution in [0.15, 0.2) is 36.4 Å². The first kappa shape index (κ1) is 19.6. The number of halogens is 2. The molecule has 0 N–H and O–H groups in total. The van der Waals surface area contributed by atoms with Gasteiger partial charge in [0.05, 0.1) is 5.39 Å². The van der Waals surface area contributed by atoms with Gasteiger partial charge in [-0.3, -0.25) is 0 Å². The molecule has 0 aromatic heterocycles. The van der Waals surface area contributed by atoms with Gasteiger partial charge in [-0.25, -0.2) is 8.78 Å². The van der Waals surface area contributed by atoms with Gasteiger partial charge in [0.15, 0.2) is 0 Å². The Morgan fingerprint density at radius 3 is 2.61 bits per heavy atom. The number of hydrogen-bond acceptors (Lipinski definition) is 0. The Balaban J connectivity index is 1.59. The molecule has 2 saturated carbocycles. The van der Waals surface area contributed by atoms with Gasteiger partial charge >= 0.3 is 0 Å². The van der Waals surface area contributed by atoms with E-state index in [4.69, 9.17) is 0 Å². The summed E-state index contributed by atoms with van der Waals surface area (Å²) in [5, 5.41) is 0.878. The summed E-state index contributed by atoms with van der Waals surface area (Å²) < 4.78 is 30.2. The highest BCUT2D eigenvalue weighted by molar-refractivity contribution is 5.85. The van der Waals surface area contributed by atoms with Gasteiger partial charge in [-0.1, -0.05) is 43.7 Å². The van der Waals surface area contributed by atoms with E-state index < -0.39 is 5.82 Å². The van der Waals surface area contributed by atoms with Crippen LogP contribution in [-0.2, 0) is 6.42 Å². The number of aryl methyl sites for hydroxylation is 1. The van der Waals surface area contributed by atoms with Crippen LogP contribution in [0.4, 0.5) is 8.78 Å². The molecule has 28 heavy (non-hydrogen) atoms. The van der Waals surface area contributed by atoms with E-state index in [0.29, 0.717) is 5.39 Å². The van der Waals surface area contributed by atoms with Crippen molar-refractivity contribution in [2.24, 2.45) is 17.8 Å². The summed E-state index contributed by atoms with van der Waals surface area (Å²) in [6, 6.07) is 7.35. The van der Waals surface area contributed by atoms with E-state index in [0.717, 1.165) is 54.6 Å². The van der Waals surface area contributed by atoms with Crippen molar-refractivity contribution in [3.8, 4) is 0 Å². The summed E-state index contributed by atoms with van der Waals surface area (Å²) in [7, 11) is 0. The summed E-state index contributed by atoms with van der Waals surface area (Å²) >= 11 is 0. The molecule has 2 aliphatic rings. The Kier molecular flexibility index (Phi) is 5.85. The fraction of sp³-hybridized carbons (Fsp3) is 0.538. The third-order valence-corrected chi connectivity index (χ3v) is 7.25. The van der Waals surface area contributed by atoms with Crippen LogP contribution in [-0.4, -0.2) is 0 Å². The van der Waals surface area contributed by atoms with E-state index in [1.165, 1.54) is 31.7 Å². The lowest BCUT2D eigenvalue weighted by Gasteiger charge is -2.41. The third kappa shape index (κ3) is 3.88. The highest BCUT2D eigenvalue weighted by Gasteiger charge is 2.35. The maximum absolute atomic E-state index is 15.4. The van der Waals surface area contributed by atoms with Gasteiger partial charge in [-0.15, -0.1) is 0 Å². The van der Waals surface area contributed by atoms with Crippen molar-refractivity contribution in [3.05, 3.63) is 59.2 Å². The largest absolute Gasteiger partial charge is 0.206 e. The zero-order valence-electron chi connectivity index (χ0n) is 17.2. The maximum atomic E-state index is 15.4. The number of rotatable bonds is 4. The first-order valence-corrected chi connectivity index (χ1v) is 11.1. The van der Waals surface area contributed by atoms with Crippen molar-refractivity contribution in [1.82, 2.24) is 0 Å². The second-order valence-electron chi connectivity index (χ2n) is 9.20. The monoisotopic (exact) mass is 382 g/mol. The SMILES string of the molecule is CC=CCCc1cc(F)c2c(F)c(C3CCC4CC(C)CCC4C3)ccc2c1. The van der Waals surface area contributed by atoms with Crippen molar-refractivity contribution in [1.29, 1.82) is 0 Å². The second-order valence-corrected chi connectivity index (χ2v) is 9.20. The Labute approximate surface area is 168 Å². The van der Waals surface area contributed by atoms with Crippen molar-refractivity contribution >= 4 is 10.8 Å². The van der Waals surface area contributed by atoms with E-state index in [-0.39, 0.29) is 17.1 Å². The van der Waals surface area contributed by atoms with Crippen LogP contribution in [0, 0.1) is 29.4 Å².